The fourth-order valence-electron chi connectivity index (χ4n) is 6.54. The number of phenols is 1. The monoisotopic (exact) mass is 395 g/mol. The summed E-state index contributed by atoms with van der Waals surface area (Å²) in [5, 5.41) is 11.3. The topological polar surface area (TPSA) is 48.7 Å². The molecule has 6 rings (SSSR count). The van der Waals surface area contributed by atoms with Crippen molar-refractivity contribution in [3.05, 3.63) is 29.5 Å². The van der Waals surface area contributed by atoms with Crippen molar-refractivity contribution < 1.29 is 9.90 Å². The fraction of sp³-hybridized carbons (Fsp3) is 0.625. The van der Waals surface area contributed by atoms with Gasteiger partial charge in [-0.05, 0) is 69.0 Å². The molecular weight excluding hydrogens is 362 g/mol. The highest BCUT2D eigenvalue weighted by molar-refractivity contribution is 5.97. The van der Waals surface area contributed by atoms with E-state index in [4.69, 9.17) is 0 Å². The van der Waals surface area contributed by atoms with Crippen molar-refractivity contribution in [1.29, 1.82) is 0 Å². The second-order valence-corrected chi connectivity index (χ2v) is 9.70. The molecule has 2 aromatic rings. The smallest absolute Gasteiger partial charge is 0.232 e. The highest BCUT2D eigenvalue weighted by Crippen LogP contribution is 2.52. The number of rotatable bonds is 4. The maximum absolute atomic E-state index is 13.5. The van der Waals surface area contributed by atoms with Crippen LogP contribution in [0.4, 0.5) is 0 Å². The number of aromatic nitrogens is 1. The van der Waals surface area contributed by atoms with Gasteiger partial charge in [0.05, 0.1) is 5.52 Å². The van der Waals surface area contributed by atoms with Crippen molar-refractivity contribution in [2.45, 2.75) is 51.0 Å². The maximum Gasteiger partial charge on any atom is 0.232 e. The number of benzene rings is 1. The quantitative estimate of drug-likeness (QED) is 0.858. The summed E-state index contributed by atoms with van der Waals surface area (Å²) in [4.78, 5) is 18.3. The summed E-state index contributed by atoms with van der Waals surface area (Å²) in [6.07, 6.45) is 5.26. The van der Waals surface area contributed by atoms with E-state index in [1.165, 1.54) is 37.1 Å². The molecule has 156 valence electrons. The Bertz CT molecular complexity index is 947. The van der Waals surface area contributed by atoms with Gasteiger partial charge in [-0.3, -0.25) is 14.3 Å². The summed E-state index contributed by atoms with van der Waals surface area (Å²) in [6.45, 7) is 5.38. The van der Waals surface area contributed by atoms with E-state index < -0.39 is 0 Å². The van der Waals surface area contributed by atoms with Gasteiger partial charge in [-0.2, -0.15) is 0 Å². The minimum absolute atomic E-state index is 0.193. The van der Waals surface area contributed by atoms with Crippen LogP contribution in [0.5, 0.6) is 5.75 Å². The molecule has 1 aliphatic carbocycles. The molecule has 5 heteroatoms. The van der Waals surface area contributed by atoms with Crippen molar-refractivity contribution in [3.8, 4) is 5.75 Å². The van der Waals surface area contributed by atoms with Crippen LogP contribution in [-0.4, -0.2) is 65.2 Å². The van der Waals surface area contributed by atoms with Gasteiger partial charge in [0.25, 0.3) is 0 Å². The van der Waals surface area contributed by atoms with E-state index in [0.29, 0.717) is 24.1 Å². The van der Waals surface area contributed by atoms with E-state index >= 15 is 0 Å². The number of nitrogens with zero attached hydrogens (tertiary/aromatic N) is 3. The van der Waals surface area contributed by atoms with E-state index in [1.54, 1.807) is 6.07 Å². The summed E-state index contributed by atoms with van der Waals surface area (Å²) in [6, 6.07) is 6.11. The van der Waals surface area contributed by atoms with E-state index in [1.807, 2.05) is 26.2 Å². The molecule has 3 fully saturated rings. The first-order valence-corrected chi connectivity index (χ1v) is 11.3. The molecule has 5 atom stereocenters. The number of carbonyl (C=O) groups excluding carboxylic acids is 1. The van der Waals surface area contributed by atoms with Gasteiger partial charge < -0.3 is 10.0 Å². The molecule has 2 unspecified atom stereocenters. The third-order valence-electron chi connectivity index (χ3n) is 7.68. The number of hydrogen-bond donors (Lipinski definition) is 1. The molecular formula is C24H33N3O2. The van der Waals surface area contributed by atoms with Crippen LogP contribution in [0.25, 0.3) is 10.9 Å². The highest BCUT2D eigenvalue weighted by Gasteiger charge is 2.49. The van der Waals surface area contributed by atoms with Crippen LogP contribution in [-0.2, 0) is 6.42 Å². The molecule has 4 bridgehead atoms. The van der Waals surface area contributed by atoms with Gasteiger partial charge in [0.1, 0.15) is 5.75 Å². The summed E-state index contributed by atoms with van der Waals surface area (Å²) in [7, 11) is 4.03. The van der Waals surface area contributed by atoms with Crippen LogP contribution in [0.2, 0.25) is 0 Å². The van der Waals surface area contributed by atoms with Gasteiger partial charge in [0, 0.05) is 49.1 Å². The molecule has 0 spiro atoms. The molecule has 5 nitrogen and oxygen atoms in total. The van der Waals surface area contributed by atoms with Crippen LogP contribution in [0.3, 0.4) is 0 Å². The van der Waals surface area contributed by atoms with Crippen LogP contribution in [0.1, 0.15) is 54.6 Å². The maximum atomic E-state index is 13.5. The predicted molar refractivity (Wildman–Crippen MR) is 116 cm³/mol. The van der Waals surface area contributed by atoms with Gasteiger partial charge in [-0.15, -0.1) is 0 Å². The number of phenolic OH excluding ortho intramolecular Hbond substituents is 1. The summed E-state index contributed by atoms with van der Waals surface area (Å²) >= 11 is 0. The normalized spacial score (nSPS) is 30.6. The minimum atomic E-state index is 0.193. The molecule has 29 heavy (non-hydrogen) atoms. The SMILES string of the molecule is CC[C@H]1C[C@H]2C[C@H]3c4c(c5cc(O)ccc5n4C(=O)CCN(C)C)CCN(C2)C13. The summed E-state index contributed by atoms with van der Waals surface area (Å²) in [5.74, 6) is 2.40. The summed E-state index contributed by atoms with van der Waals surface area (Å²) in [5.41, 5.74) is 3.56. The third-order valence-corrected chi connectivity index (χ3v) is 7.68. The molecule has 2 saturated heterocycles. The zero-order valence-corrected chi connectivity index (χ0v) is 17.9. The second kappa shape index (κ2) is 7.13. The molecule has 1 saturated carbocycles. The van der Waals surface area contributed by atoms with Gasteiger partial charge in [0.2, 0.25) is 5.91 Å². The van der Waals surface area contributed by atoms with E-state index in [2.05, 4.69) is 21.3 Å². The van der Waals surface area contributed by atoms with Crippen LogP contribution >= 0.6 is 0 Å². The van der Waals surface area contributed by atoms with Crippen LogP contribution in [0, 0.1) is 11.8 Å². The zero-order valence-electron chi connectivity index (χ0n) is 17.9. The van der Waals surface area contributed by atoms with Crippen molar-refractivity contribution in [1.82, 2.24) is 14.4 Å². The lowest BCUT2D eigenvalue weighted by Crippen LogP contribution is -2.56. The second-order valence-electron chi connectivity index (χ2n) is 9.70. The lowest BCUT2D eigenvalue weighted by molar-refractivity contribution is -0.0140. The number of hydrogen-bond acceptors (Lipinski definition) is 4. The first-order chi connectivity index (χ1) is 14.0. The minimum Gasteiger partial charge on any atom is -0.508 e. The van der Waals surface area contributed by atoms with Crippen molar-refractivity contribution in [2.75, 3.05) is 33.7 Å². The lowest BCUT2D eigenvalue weighted by atomic mass is 9.65. The molecule has 4 aliphatic rings. The van der Waals surface area contributed by atoms with E-state index in [-0.39, 0.29) is 5.91 Å². The third kappa shape index (κ3) is 3.01. The Labute approximate surface area is 173 Å². The van der Waals surface area contributed by atoms with E-state index in [9.17, 15) is 9.90 Å². The Morgan fingerprint density at radius 1 is 1.28 bits per heavy atom. The van der Waals surface area contributed by atoms with Crippen molar-refractivity contribution in [2.24, 2.45) is 11.8 Å². The Hall–Kier alpha value is -1.85. The predicted octanol–water partition coefficient (Wildman–Crippen LogP) is 3.70. The molecule has 4 heterocycles. The average molecular weight is 396 g/mol. The van der Waals surface area contributed by atoms with E-state index in [0.717, 1.165) is 42.2 Å². The van der Waals surface area contributed by atoms with Crippen LogP contribution < -0.4 is 0 Å². The van der Waals surface area contributed by atoms with Crippen molar-refractivity contribution in [3.63, 3.8) is 0 Å². The van der Waals surface area contributed by atoms with Gasteiger partial charge in [-0.25, -0.2) is 0 Å². The molecule has 1 aromatic heterocycles. The largest absolute Gasteiger partial charge is 0.508 e. The summed E-state index contributed by atoms with van der Waals surface area (Å²) < 4.78 is 2.05. The number of piperidine rings is 2. The Morgan fingerprint density at radius 2 is 2.10 bits per heavy atom. The molecule has 0 amide bonds. The first-order valence-electron chi connectivity index (χ1n) is 11.3. The Kier molecular flexibility index (Phi) is 4.71. The zero-order chi connectivity index (χ0) is 20.3. The molecule has 1 N–H and O–H groups in total. The molecule has 0 radical (unpaired) electrons. The first kappa shape index (κ1) is 19.1. The Balaban J connectivity index is 1.69. The highest BCUT2D eigenvalue weighted by atomic mass is 16.3. The number of carbonyl (C=O) groups is 1. The standard InChI is InChI=1S/C24H33N3O2/c1-4-16-11-15-12-20-23(16)26(14-15)10-7-18-19-13-17(28)5-6-21(19)27(24(18)20)22(29)8-9-25(2)3/h5-6,13,15-16,20,23,28H,4,7-12,14H2,1-3H3/t15-,16-,20+,23?/m0/s1. The Morgan fingerprint density at radius 3 is 2.86 bits per heavy atom. The van der Waals surface area contributed by atoms with Gasteiger partial charge in [-0.1, -0.05) is 13.3 Å². The number of fused-ring (bicyclic) bond motifs is 4. The van der Waals surface area contributed by atoms with Gasteiger partial charge >= 0.3 is 0 Å². The van der Waals surface area contributed by atoms with Crippen molar-refractivity contribution >= 4 is 16.8 Å². The molecule has 3 aliphatic heterocycles. The fourth-order valence-corrected chi connectivity index (χ4v) is 6.54. The molecule has 1 aromatic carbocycles. The van der Waals surface area contributed by atoms with Crippen LogP contribution in [0.15, 0.2) is 18.2 Å². The lowest BCUT2D eigenvalue weighted by Gasteiger charge is -2.53. The number of aromatic hydroxyl groups is 1. The average Bonchev–Trinajstić information content (AvgIpc) is 2.97. The van der Waals surface area contributed by atoms with Gasteiger partial charge in [0.15, 0.2) is 0 Å².